The highest BCUT2D eigenvalue weighted by Crippen LogP contribution is 2.27. The summed E-state index contributed by atoms with van der Waals surface area (Å²) >= 11 is 0. The number of aliphatic hydroxyl groups excluding tert-OH is 1. The van der Waals surface area contributed by atoms with Crippen molar-refractivity contribution >= 4 is 5.95 Å². The van der Waals surface area contributed by atoms with Crippen LogP contribution in [0.1, 0.15) is 31.4 Å². The zero-order valence-electron chi connectivity index (χ0n) is 11.6. The number of aliphatic hydroxyl groups is 1. The van der Waals surface area contributed by atoms with E-state index in [1.54, 1.807) is 0 Å². The maximum absolute atomic E-state index is 12.5. The molecule has 1 heterocycles. The van der Waals surface area contributed by atoms with Crippen molar-refractivity contribution in [2.45, 2.75) is 44.0 Å². The first-order valence-corrected chi connectivity index (χ1v) is 7.12. The molecular formula is C13H20F3N4O+. The lowest BCUT2D eigenvalue weighted by Crippen LogP contribution is -2.93. The first-order chi connectivity index (χ1) is 9.97. The summed E-state index contributed by atoms with van der Waals surface area (Å²) < 4.78 is 37.5. The van der Waals surface area contributed by atoms with Crippen LogP contribution in [0.2, 0.25) is 0 Å². The maximum atomic E-state index is 12.5. The van der Waals surface area contributed by atoms with E-state index in [2.05, 4.69) is 15.3 Å². The third-order valence-corrected chi connectivity index (χ3v) is 3.62. The van der Waals surface area contributed by atoms with E-state index in [4.69, 9.17) is 0 Å². The van der Waals surface area contributed by atoms with Gasteiger partial charge in [-0.2, -0.15) is 13.2 Å². The minimum Gasteiger partial charge on any atom is -0.387 e. The number of quaternary nitrogens is 1. The van der Waals surface area contributed by atoms with Crippen molar-refractivity contribution in [2.24, 2.45) is 0 Å². The molecule has 0 bridgehead atoms. The Kier molecular flexibility index (Phi) is 5.35. The lowest BCUT2D eigenvalue weighted by atomic mass is 9.93. The molecule has 1 aromatic rings. The number of anilines is 1. The monoisotopic (exact) mass is 305 g/mol. The molecule has 2 rings (SSSR count). The second kappa shape index (κ2) is 7.04. The molecule has 8 heteroatoms. The van der Waals surface area contributed by atoms with E-state index in [0.29, 0.717) is 13.1 Å². The molecule has 0 spiro atoms. The average Bonchev–Trinajstić information content (AvgIpc) is 2.45. The Bertz CT molecular complexity index is 455. The van der Waals surface area contributed by atoms with Gasteiger partial charge in [0.25, 0.3) is 0 Å². The number of rotatable bonds is 5. The van der Waals surface area contributed by atoms with Gasteiger partial charge in [-0.05, 0) is 18.9 Å². The van der Waals surface area contributed by atoms with E-state index >= 15 is 0 Å². The Morgan fingerprint density at radius 3 is 2.81 bits per heavy atom. The first kappa shape index (κ1) is 16.0. The molecule has 0 unspecified atom stereocenters. The van der Waals surface area contributed by atoms with E-state index in [9.17, 15) is 18.3 Å². The Hall–Kier alpha value is -1.41. The molecule has 5 nitrogen and oxygen atoms in total. The number of alkyl halides is 3. The lowest BCUT2D eigenvalue weighted by Gasteiger charge is -2.25. The van der Waals surface area contributed by atoms with Crippen molar-refractivity contribution in [3.8, 4) is 0 Å². The number of nitrogens with zero attached hydrogens (tertiary/aromatic N) is 2. The van der Waals surface area contributed by atoms with Crippen LogP contribution in [-0.4, -0.2) is 40.3 Å². The van der Waals surface area contributed by atoms with Gasteiger partial charge in [0.2, 0.25) is 5.95 Å². The Morgan fingerprint density at radius 2 is 2.10 bits per heavy atom. The quantitative estimate of drug-likeness (QED) is 0.703. The van der Waals surface area contributed by atoms with Crippen molar-refractivity contribution in [1.29, 1.82) is 0 Å². The van der Waals surface area contributed by atoms with Gasteiger partial charge in [-0.15, -0.1) is 0 Å². The molecule has 0 aliphatic heterocycles. The van der Waals surface area contributed by atoms with Crippen LogP contribution in [0.5, 0.6) is 0 Å². The average molecular weight is 305 g/mol. The normalized spacial score (nSPS) is 23.0. The molecule has 4 N–H and O–H groups in total. The molecule has 0 amide bonds. The zero-order chi connectivity index (χ0) is 15.3. The number of hydrogen-bond donors (Lipinski definition) is 3. The summed E-state index contributed by atoms with van der Waals surface area (Å²) in [6.07, 6.45) is 0.310. The predicted molar refractivity (Wildman–Crippen MR) is 70.6 cm³/mol. The zero-order valence-corrected chi connectivity index (χ0v) is 11.6. The van der Waals surface area contributed by atoms with Crippen molar-refractivity contribution in [3.63, 3.8) is 0 Å². The van der Waals surface area contributed by atoms with E-state index in [-0.39, 0.29) is 18.1 Å². The summed E-state index contributed by atoms with van der Waals surface area (Å²) in [5.74, 6) is -0.0255. The van der Waals surface area contributed by atoms with Crippen LogP contribution in [0, 0.1) is 0 Å². The van der Waals surface area contributed by atoms with Crippen LogP contribution >= 0.6 is 0 Å². The van der Waals surface area contributed by atoms with Crippen LogP contribution in [0.15, 0.2) is 12.3 Å². The minimum atomic E-state index is -4.46. The second-order valence-electron chi connectivity index (χ2n) is 5.23. The molecule has 2 atom stereocenters. The molecular weight excluding hydrogens is 285 g/mol. The van der Waals surface area contributed by atoms with E-state index in [1.807, 2.05) is 5.32 Å². The summed E-state index contributed by atoms with van der Waals surface area (Å²) in [6.45, 7) is 1.10. The maximum Gasteiger partial charge on any atom is 0.433 e. The van der Waals surface area contributed by atoms with E-state index < -0.39 is 11.9 Å². The fourth-order valence-electron chi connectivity index (χ4n) is 2.50. The van der Waals surface area contributed by atoms with Crippen LogP contribution in [0.3, 0.4) is 0 Å². The molecule has 0 saturated heterocycles. The van der Waals surface area contributed by atoms with Gasteiger partial charge in [-0.25, -0.2) is 9.97 Å². The second-order valence-corrected chi connectivity index (χ2v) is 5.23. The molecule has 0 radical (unpaired) electrons. The lowest BCUT2D eigenvalue weighted by molar-refractivity contribution is -0.696. The summed E-state index contributed by atoms with van der Waals surface area (Å²) in [6, 6.07) is 1.03. The smallest absolute Gasteiger partial charge is 0.387 e. The molecule has 1 aliphatic rings. The summed E-state index contributed by atoms with van der Waals surface area (Å²) in [5.41, 5.74) is -0.952. The van der Waals surface area contributed by atoms with Crippen molar-refractivity contribution in [2.75, 3.05) is 18.4 Å². The number of aromatic nitrogens is 2. The highest BCUT2D eigenvalue weighted by Gasteiger charge is 2.32. The van der Waals surface area contributed by atoms with Gasteiger partial charge in [0.15, 0.2) is 0 Å². The third-order valence-electron chi connectivity index (χ3n) is 3.62. The third kappa shape index (κ3) is 4.82. The van der Waals surface area contributed by atoms with Crippen molar-refractivity contribution in [3.05, 3.63) is 18.0 Å². The standard InChI is InChI=1S/C13H19F3N4O/c14-13(15,16)11-5-6-18-12(20-11)19-8-7-17-9-3-1-2-4-10(9)21/h5-6,9-10,17,21H,1-4,7-8H2,(H,18,19,20)/p+1/t9-,10+/m0/s1. The van der Waals surface area contributed by atoms with E-state index in [1.165, 1.54) is 0 Å². The minimum absolute atomic E-state index is 0.0255. The van der Waals surface area contributed by atoms with Gasteiger partial charge >= 0.3 is 6.18 Å². The molecule has 1 saturated carbocycles. The summed E-state index contributed by atoms with van der Waals surface area (Å²) in [7, 11) is 0. The number of halogens is 3. The fraction of sp³-hybridized carbons (Fsp3) is 0.692. The molecule has 118 valence electrons. The highest BCUT2D eigenvalue weighted by atomic mass is 19.4. The molecule has 1 aliphatic carbocycles. The SMILES string of the molecule is O[C@@H]1CCCC[C@@H]1[NH2+]CCNc1nccc(C(F)(F)F)n1. The van der Waals surface area contributed by atoms with Crippen LogP contribution in [0.25, 0.3) is 0 Å². The van der Waals surface area contributed by atoms with Gasteiger partial charge in [-0.3, -0.25) is 0 Å². The summed E-state index contributed by atoms with van der Waals surface area (Å²) in [4.78, 5) is 7.20. The molecule has 1 fully saturated rings. The Morgan fingerprint density at radius 1 is 1.33 bits per heavy atom. The number of nitrogens with two attached hydrogens (primary N) is 1. The highest BCUT2D eigenvalue weighted by molar-refractivity contribution is 5.25. The molecule has 0 aromatic carbocycles. The van der Waals surface area contributed by atoms with Crippen LogP contribution < -0.4 is 10.6 Å². The number of nitrogens with one attached hydrogen (secondary N) is 1. The van der Waals surface area contributed by atoms with Gasteiger partial charge in [-0.1, -0.05) is 6.42 Å². The Balaban J connectivity index is 1.76. The van der Waals surface area contributed by atoms with Gasteiger partial charge in [0.1, 0.15) is 17.8 Å². The Labute approximate surface area is 121 Å². The van der Waals surface area contributed by atoms with Crippen LogP contribution in [-0.2, 0) is 6.18 Å². The van der Waals surface area contributed by atoms with Crippen molar-refractivity contribution < 1.29 is 23.6 Å². The predicted octanol–water partition coefficient (Wildman–Crippen LogP) is 0.774. The van der Waals surface area contributed by atoms with Gasteiger partial charge in [0.05, 0.1) is 13.1 Å². The largest absolute Gasteiger partial charge is 0.433 e. The molecule has 21 heavy (non-hydrogen) atoms. The first-order valence-electron chi connectivity index (χ1n) is 7.12. The van der Waals surface area contributed by atoms with E-state index in [0.717, 1.165) is 37.9 Å². The van der Waals surface area contributed by atoms with Gasteiger partial charge < -0.3 is 15.7 Å². The topological polar surface area (TPSA) is 74.7 Å². The number of hydrogen-bond acceptors (Lipinski definition) is 4. The fourth-order valence-corrected chi connectivity index (χ4v) is 2.50. The van der Waals surface area contributed by atoms with Crippen molar-refractivity contribution in [1.82, 2.24) is 9.97 Å². The van der Waals surface area contributed by atoms with Crippen LogP contribution in [0.4, 0.5) is 19.1 Å². The van der Waals surface area contributed by atoms with Gasteiger partial charge in [0, 0.05) is 12.6 Å². The molecule has 1 aromatic heterocycles. The summed E-state index contributed by atoms with van der Waals surface area (Å²) in [5, 5.41) is 14.6.